The van der Waals surface area contributed by atoms with E-state index in [0.29, 0.717) is 22.7 Å². The summed E-state index contributed by atoms with van der Waals surface area (Å²) in [5.41, 5.74) is 1.08. The molecule has 20 heavy (non-hydrogen) atoms. The number of ether oxygens (including phenoxy) is 1. The molecule has 1 N–H and O–H groups in total. The summed E-state index contributed by atoms with van der Waals surface area (Å²) in [6, 6.07) is 9.36. The average Bonchev–Trinajstić information content (AvgIpc) is 2.40. The molecule has 0 fully saturated rings. The third-order valence-corrected chi connectivity index (χ3v) is 3.16. The molecule has 0 saturated heterocycles. The van der Waals surface area contributed by atoms with E-state index in [4.69, 9.17) is 9.84 Å². The highest BCUT2D eigenvalue weighted by molar-refractivity contribution is 9.10. The van der Waals surface area contributed by atoms with E-state index in [2.05, 4.69) is 25.9 Å². The monoisotopic (exact) mass is 336 g/mol. The third-order valence-electron chi connectivity index (χ3n) is 2.75. The number of rotatable bonds is 5. The normalized spacial score (nSPS) is 10.8. The lowest BCUT2D eigenvalue weighted by atomic mass is 10.1. The molecule has 0 aliphatic heterocycles. The zero-order chi connectivity index (χ0) is 14.5. The van der Waals surface area contributed by atoms with Crippen LogP contribution in [-0.4, -0.2) is 21.7 Å². The van der Waals surface area contributed by atoms with E-state index < -0.39 is 0 Å². The van der Waals surface area contributed by atoms with Crippen LogP contribution in [0.25, 0.3) is 0 Å². The van der Waals surface area contributed by atoms with E-state index >= 15 is 0 Å². The van der Waals surface area contributed by atoms with Crippen LogP contribution >= 0.6 is 15.9 Å². The lowest BCUT2D eigenvalue weighted by molar-refractivity contribution is 0.299. The molecule has 0 bridgehead atoms. The second-order valence-electron chi connectivity index (χ2n) is 4.76. The van der Waals surface area contributed by atoms with Gasteiger partial charge in [-0.3, -0.25) is 0 Å². The summed E-state index contributed by atoms with van der Waals surface area (Å²) in [6.07, 6.45) is 0.650. The van der Waals surface area contributed by atoms with Crippen molar-refractivity contribution in [2.75, 3.05) is 6.61 Å². The largest absolute Gasteiger partial charge is 0.439 e. The Balaban J connectivity index is 2.16. The minimum atomic E-state index is 0.150. The Morgan fingerprint density at radius 3 is 2.50 bits per heavy atom. The van der Waals surface area contributed by atoms with Crippen molar-refractivity contribution in [1.82, 2.24) is 9.97 Å². The van der Waals surface area contributed by atoms with Crippen LogP contribution in [0.15, 0.2) is 34.9 Å². The maximum atomic E-state index is 8.88. The summed E-state index contributed by atoms with van der Waals surface area (Å²) in [4.78, 5) is 8.69. The second kappa shape index (κ2) is 6.81. The number of aliphatic hydroxyl groups is 1. The predicted molar refractivity (Wildman–Crippen MR) is 81.1 cm³/mol. The van der Waals surface area contributed by atoms with Gasteiger partial charge in [0.1, 0.15) is 16.2 Å². The van der Waals surface area contributed by atoms with E-state index in [9.17, 15) is 0 Å². The van der Waals surface area contributed by atoms with Gasteiger partial charge in [0.25, 0.3) is 0 Å². The quantitative estimate of drug-likeness (QED) is 0.846. The SMILES string of the molecule is CC(C)c1nc(Br)cc(Oc2ccc(CCO)cc2)n1. The number of aromatic nitrogens is 2. The molecular formula is C15H17BrN2O2. The fourth-order valence-electron chi connectivity index (χ4n) is 1.70. The number of aliphatic hydroxyl groups excluding tert-OH is 1. The highest BCUT2D eigenvalue weighted by Crippen LogP contribution is 2.24. The van der Waals surface area contributed by atoms with E-state index in [1.165, 1.54) is 0 Å². The van der Waals surface area contributed by atoms with Crippen molar-refractivity contribution in [3.05, 3.63) is 46.3 Å². The minimum absolute atomic E-state index is 0.150. The van der Waals surface area contributed by atoms with Gasteiger partial charge >= 0.3 is 0 Å². The van der Waals surface area contributed by atoms with Crippen LogP contribution in [0.5, 0.6) is 11.6 Å². The van der Waals surface area contributed by atoms with Crippen molar-refractivity contribution in [2.24, 2.45) is 0 Å². The first-order chi connectivity index (χ1) is 9.58. The molecule has 4 nitrogen and oxygen atoms in total. The fourth-order valence-corrected chi connectivity index (χ4v) is 2.08. The first-order valence-electron chi connectivity index (χ1n) is 6.50. The van der Waals surface area contributed by atoms with Crippen molar-refractivity contribution in [2.45, 2.75) is 26.2 Å². The highest BCUT2D eigenvalue weighted by atomic mass is 79.9. The molecule has 5 heteroatoms. The zero-order valence-electron chi connectivity index (χ0n) is 11.5. The van der Waals surface area contributed by atoms with Crippen LogP contribution in [0.1, 0.15) is 31.2 Å². The second-order valence-corrected chi connectivity index (χ2v) is 5.57. The van der Waals surface area contributed by atoms with Gasteiger partial charge in [-0.05, 0) is 40.0 Å². The Kier molecular flexibility index (Phi) is 5.09. The van der Waals surface area contributed by atoms with Gasteiger partial charge in [-0.2, -0.15) is 4.98 Å². The summed E-state index contributed by atoms with van der Waals surface area (Å²) in [5, 5.41) is 8.88. The molecule has 0 aliphatic rings. The van der Waals surface area contributed by atoms with E-state index in [-0.39, 0.29) is 12.5 Å². The molecule has 0 unspecified atom stereocenters. The molecule has 0 spiro atoms. The fraction of sp³-hybridized carbons (Fsp3) is 0.333. The summed E-state index contributed by atoms with van der Waals surface area (Å²) in [5.74, 6) is 2.21. The molecule has 0 amide bonds. The predicted octanol–water partition coefficient (Wildman–Crippen LogP) is 3.69. The van der Waals surface area contributed by atoms with Crippen molar-refractivity contribution in [3.63, 3.8) is 0 Å². The van der Waals surface area contributed by atoms with Crippen molar-refractivity contribution < 1.29 is 9.84 Å². The molecule has 0 atom stereocenters. The van der Waals surface area contributed by atoms with E-state index in [1.807, 2.05) is 38.1 Å². The lowest BCUT2D eigenvalue weighted by Crippen LogP contribution is -2.00. The summed E-state index contributed by atoms with van der Waals surface area (Å²) >= 11 is 3.37. The van der Waals surface area contributed by atoms with Crippen LogP contribution in [0.4, 0.5) is 0 Å². The van der Waals surface area contributed by atoms with Crippen LogP contribution in [0.3, 0.4) is 0 Å². The summed E-state index contributed by atoms with van der Waals surface area (Å²) < 4.78 is 6.45. The van der Waals surface area contributed by atoms with Gasteiger partial charge in [0.05, 0.1) is 0 Å². The van der Waals surface area contributed by atoms with Gasteiger partial charge in [-0.25, -0.2) is 4.98 Å². The first kappa shape index (κ1) is 14.9. The Hall–Kier alpha value is -1.46. The van der Waals surface area contributed by atoms with Crippen molar-refractivity contribution >= 4 is 15.9 Å². The lowest BCUT2D eigenvalue weighted by Gasteiger charge is -2.09. The Bertz CT molecular complexity index is 571. The Morgan fingerprint density at radius 1 is 1.20 bits per heavy atom. The van der Waals surface area contributed by atoms with Gasteiger partial charge in [-0.1, -0.05) is 26.0 Å². The van der Waals surface area contributed by atoms with Gasteiger partial charge in [0.2, 0.25) is 5.88 Å². The van der Waals surface area contributed by atoms with Crippen LogP contribution in [-0.2, 0) is 6.42 Å². The molecule has 1 aromatic heterocycles. The van der Waals surface area contributed by atoms with Gasteiger partial charge in [-0.15, -0.1) is 0 Å². The number of halogens is 1. The number of hydrogen-bond donors (Lipinski definition) is 1. The number of hydrogen-bond acceptors (Lipinski definition) is 4. The van der Waals surface area contributed by atoms with Gasteiger partial charge in [0, 0.05) is 18.6 Å². The Labute approximate surface area is 127 Å². The van der Waals surface area contributed by atoms with E-state index in [0.717, 1.165) is 11.4 Å². The molecule has 2 rings (SSSR count). The molecular weight excluding hydrogens is 320 g/mol. The van der Waals surface area contributed by atoms with Gasteiger partial charge in [0.15, 0.2) is 0 Å². The zero-order valence-corrected chi connectivity index (χ0v) is 13.1. The average molecular weight is 337 g/mol. The molecule has 2 aromatic rings. The smallest absolute Gasteiger partial charge is 0.223 e. The maximum Gasteiger partial charge on any atom is 0.223 e. The van der Waals surface area contributed by atoms with Gasteiger partial charge < -0.3 is 9.84 Å². The standard InChI is InChI=1S/C15H17BrN2O2/c1-10(2)15-17-13(16)9-14(18-15)20-12-5-3-11(4-6-12)7-8-19/h3-6,9-10,19H,7-8H2,1-2H3. The minimum Gasteiger partial charge on any atom is -0.439 e. The summed E-state index contributed by atoms with van der Waals surface area (Å²) in [7, 11) is 0. The Morgan fingerprint density at radius 2 is 1.90 bits per heavy atom. The topological polar surface area (TPSA) is 55.2 Å². The van der Waals surface area contributed by atoms with Crippen molar-refractivity contribution in [3.8, 4) is 11.6 Å². The molecule has 1 heterocycles. The third kappa shape index (κ3) is 4.02. The number of benzene rings is 1. The van der Waals surface area contributed by atoms with Crippen LogP contribution < -0.4 is 4.74 Å². The van der Waals surface area contributed by atoms with Crippen LogP contribution in [0.2, 0.25) is 0 Å². The van der Waals surface area contributed by atoms with Crippen molar-refractivity contribution in [1.29, 1.82) is 0 Å². The molecule has 1 aromatic carbocycles. The summed E-state index contributed by atoms with van der Waals surface area (Å²) in [6.45, 7) is 4.22. The highest BCUT2D eigenvalue weighted by Gasteiger charge is 2.08. The molecule has 0 aliphatic carbocycles. The molecule has 106 valence electrons. The van der Waals surface area contributed by atoms with E-state index in [1.54, 1.807) is 6.07 Å². The number of nitrogens with zero attached hydrogens (tertiary/aromatic N) is 2. The molecule has 0 radical (unpaired) electrons. The first-order valence-corrected chi connectivity index (χ1v) is 7.30. The maximum absolute atomic E-state index is 8.88. The van der Waals surface area contributed by atoms with Crippen LogP contribution in [0, 0.1) is 0 Å². The molecule has 0 saturated carbocycles.